The first-order valence-corrected chi connectivity index (χ1v) is 22.3. The molecular formula is C46H87Cl3N4O3. The third-order valence-electron chi connectivity index (χ3n) is 14.5. The summed E-state index contributed by atoms with van der Waals surface area (Å²) in [5, 5.41) is 3.48. The van der Waals surface area contributed by atoms with Crippen molar-refractivity contribution in [3.8, 4) is 0 Å². The average molecular weight is 851 g/mol. The van der Waals surface area contributed by atoms with Crippen molar-refractivity contribution in [1.82, 2.24) is 10.2 Å². The molecule has 3 saturated carbocycles. The number of amides is 1. The number of esters is 1. The van der Waals surface area contributed by atoms with Gasteiger partial charge < -0.3 is 26.4 Å². The standard InChI is InChI=1S/C46H84N4O3.3ClH/c1-33(2)15-12-16-34(3)37-32-35-31-36(20-24-46(35,9)39-21-23-45(8)22-14-17-38(45)42(37)39)53-41(52)19-13-18-40(51)50(30-26-44(6,7)48)29-11-10-27-49-28-25-43(4,5)47;;;/h32-34,36-39,42,49H,10-31,47-48H2,1-9H3;3*1H/t34-,36?,37?,38?,39?,42?,45?,46?;;;/m1.../s1. The van der Waals surface area contributed by atoms with Crippen LogP contribution in [-0.4, -0.2) is 60.1 Å². The topological polar surface area (TPSA) is 111 Å². The summed E-state index contributed by atoms with van der Waals surface area (Å²) in [5.41, 5.74) is 14.3. The molecule has 0 aromatic carbocycles. The lowest BCUT2D eigenvalue weighted by atomic mass is 9.45. The Balaban J connectivity index is 0.00000523. The largest absolute Gasteiger partial charge is 0.462 e. The summed E-state index contributed by atoms with van der Waals surface area (Å²) in [4.78, 5) is 28.6. The first kappa shape index (κ1) is 53.4. The second-order valence-electron chi connectivity index (χ2n) is 20.9. The molecule has 56 heavy (non-hydrogen) atoms. The van der Waals surface area contributed by atoms with Gasteiger partial charge in [0.25, 0.3) is 0 Å². The van der Waals surface area contributed by atoms with Gasteiger partial charge in [0.1, 0.15) is 6.10 Å². The number of allylic oxidation sites excluding steroid dienone is 1. The highest BCUT2D eigenvalue weighted by atomic mass is 35.5. The van der Waals surface area contributed by atoms with Gasteiger partial charge in [0.05, 0.1) is 0 Å². The molecule has 3 fully saturated rings. The molecule has 0 aromatic heterocycles. The van der Waals surface area contributed by atoms with Gasteiger partial charge in [-0.1, -0.05) is 72.0 Å². The zero-order valence-electron chi connectivity index (χ0n) is 37.2. The van der Waals surface area contributed by atoms with E-state index in [4.69, 9.17) is 16.2 Å². The minimum atomic E-state index is -0.330. The van der Waals surface area contributed by atoms with Crippen LogP contribution in [0.2, 0.25) is 0 Å². The van der Waals surface area contributed by atoms with Crippen LogP contribution in [0.1, 0.15) is 178 Å². The summed E-state index contributed by atoms with van der Waals surface area (Å²) in [6.45, 7) is 23.8. The molecule has 0 aliphatic heterocycles. The van der Waals surface area contributed by atoms with E-state index in [-0.39, 0.29) is 71.7 Å². The number of carbonyl (C=O) groups excluding carboxylic acids is 2. The number of ether oxygens (including phenoxy) is 1. The van der Waals surface area contributed by atoms with E-state index in [2.05, 4.69) is 59.9 Å². The van der Waals surface area contributed by atoms with Gasteiger partial charge in [-0.25, -0.2) is 0 Å². The van der Waals surface area contributed by atoms with Crippen LogP contribution in [0.25, 0.3) is 0 Å². The van der Waals surface area contributed by atoms with Crippen LogP contribution in [0.15, 0.2) is 11.6 Å². The molecule has 0 spiro atoms. The van der Waals surface area contributed by atoms with Crippen LogP contribution in [0.4, 0.5) is 0 Å². The fourth-order valence-electron chi connectivity index (χ4n) is 11.0. The number of halogens is 3. The Morgan fingerprint density at radius 1 is 0.839 bits per heavy atom. The van der Waals surface area contributed by atoms with Gasteiger partial charge in [-0.2, -0.15) is 0 Å². The summed E-state index contributed by atoms with van der Waals surface area (Å²) in [6, 6.07) is 0. The van der Waals surface area contributed by atoms with Crippen molar-refractivity contribution in [2.24, 2.45) is 57.8 Å². The third kappa shape index (κ3) is 15.5. The van der Waals surface area contributed by atoms with Gasteiger partial charge in [0.2, 0.25) is 5.91 Å². The van der Waals surface area contributed by atoms with Crippen molar-refractivity contribution in [2.45, 2.75) is 195 Å². The van der Waals surface area contributed by atoms with Crippen molar-refractivity contribution >= 4 is 49.1 Å². The highest BCUT2D eigenvalue weighted by Crippen LogP contribution is 2.67. The predicted octanol–water partition coefficient (Wildman–Crippen LogP) is 10.8. The van der Waals surface area contributed by atoms with Gasteiger partial charge in [-0.3, -0.25) is 9.59 Å². The van der Waals surface area contributed by atoms with Gasteiger partial charge >= 0.3 is 5.97 Å². The average Bonchev–Trinajstić information content (AvgIpc) is 3.46. The maximum atomic E-state index is 13.4. The van der Waals surface area contributed by atoms with Gasteiger partial charge in [-0.15, -0.1) is 37.2 Å². The van der Waals surface area contributed by atoms with Crippen LogP contribution in [0.3, 0.4) is 0 Å². The predicted molar refractivity (Wildman–Crippen MR) is 243 cm³/mol. The van der Waals surface area contributed by atoms with E-state index in [9.17, 15) is 9.59 Å². The first-order chi connectivity index (χ1) is 24.8. The highest BCUT2D eigenvalue weighted by molar-refractivity contribution is 5.86. The van der Waals surface area contributed by atoms with E-state index in [1.165, 1.54) is 51.4 Å². The highest BCUT2D eigenvalue weighted by Gasteiger charge is 2.59. The molecule has 10 heteroatoms. The lowest BCUT2D eigenvalue weighted by Gasteiger charge is -2.60. The van der Waals surface area contributed by atoms with Crippen LogP contribution < -0.4 is 16.8 Å². The molecule has 0 bridgehead atoms. The fourth-order valence-corrected chi connectivity index (χ4v) is 11.0. The Labute approximate surface area is 362 Å². The Morgan fingerprint density at radius 2 is 1.54 bits per heavy atom. The van der Waals surface area contributed by atoms with Crippen LogP contribution in [0, 0.1) is 46.3 Å². The number of unbranched alkanes of at least 4 members (excludes halogenated alkanes) is 1. The number of hydrogen-bond acceptors (Lipinski definition) is 6. The molecule has 5 N–H and O–H groups in total. The maximum absolute atomic E-state index is 13.4. The van der Waals surface area contributed by atoms with E-state index in [1.807, 2.05) is 18.7 Å². The monoisotopic (exact) mass is 849 g/mol. The molecule has 0 heterocycles. The fraction of sp³-hybridized carbons (Fsp3) is 0.913. The number of rotatable bonds is 21. The maximum Gasteiger partial charge on any atom is 0.306 e. The SMILES string of the molecule is CC(C)CCC[C@@H](C)C1C=C2CC(OC(=O)CCCC(=O)N(CCCCNCCC(C)(C)N)CCC(C)(C)N)CCC2(C)C2CCC3(C)CCCC3C12.Cl.Cl.Cl. The van der Waals surface area contributed by atoms with Crippen LogP contribution in [0.5, 0.6) is 0 Å². The van der Waals surface area contributed by atoms with Crippen molar-refractivity contribution in [2.75, 3.05) is 26.2 Å². The Hall–Kier alpha value is -0.570. The summed E-state index contributed by atoms with van der Waals surface area (Å²) < 4.78 is 6.22. The van der Waals surface area contributed by atoms with Gasteiger partial charge in [0, 0.05) is 43.4 Å². The number of nitrogens with one attached hydrogen (secondary N) is 1. The van der Waals surface area contributed by atoms with Crippen molar-refractivity contribution in [1.29, 1.82) is 0 Å². The lowest BCUT2D eigenvalue weighted by molar-refractivity contribution is -0.152. The minimum absolute atomic E-state index is 0. The summed E-state index contributed by atoms with van der Waals surface area (Å²) in [5.74, 6) is 4.51. The molecule has 0 radical (unpaired) electrons. The first-order valence-electron chi connectivity index (χ1n) is 22.3. The number of nitrogens with two attached hydrogens (primary N) is 2. The quantitative estimate of drug-likeness (QED) is 0.0603. The molecule has 4 rings (SSSR count). The van der Waals surface area contributed by atoms with Gasteiger partial charge in [0.15, 0.2) is 0 Å². The van der Waals surface area contributed by atoms with E-state index in [0.29, 0.717) is 43.1 Å². The summed E-state index contributed by atoms with van der Waals surface area (Å²) in [6.07, 6.45) is 21.5. The number of nitrogens with zero attached hydrogens (tertiary/aromatic N) is 1. The lowest BCUT2D eigenvalue weighted by Crippen LogP contribution is -2.53. The summed E-state index contributed by atoms with van der Waals surface area (Å²) in [7, 11) is 0. The van der Waals surface area contributed by atoms with Crippen molar-refractivity contribution in [3.63, 3.8) is 0 Å². The molecule has 330 valence electrons. The van der Waals surface area contributed by atoms with Gasteiger partial charge in [-0.05, 0) is 158 Å². The second-order valence-corrected chi connectivity index (χ2v) is 20.9. The molecule has 4 aliphatic carbocycles. The second kappa shape index (κ2) is 23.4. The van der Waals surface area contributed by atoms with Crippen molar-refractivity contribution in [3.05, 3.63) is 11.6 Å². The molecule has 8 atom stereocenters. The molecule has 0 saturated heterocycles. The molecule has 0 aromatic rings. The number of hydrogen-bond donors (Lipinski definition) is 3. The zero-order chi connectivity index (χ0) is 39.0. The molecule has 1 amide bonds. The number of fused-ring (bicyclic) bond motifs is 5. The van der Waals surface area contributed by atoms with Crippen LogP contribution >= 0.6 is 37.2 Å². The Bertz CT molecular complexity index is 1220. The minimum Gasteiger partial charge on any atom is -0.462 e. The third-order valence-corrected chi connectivity index (χ3v) is 14.5. The molecule has 4 aliphatic rings. The zero-order valence-corrected chi connectivity index (χ0v) is 39.7. The van der Waals surface area contributed by atoms with E-state index in [0.717, 1.165) is 88.3 Å². The molecule has 7 nitrogen and oxygen atoms in total. The summed E-state index contributed by atoms with van der Waals surface area (Å²) >= 11 is 0. The number of carbonyl (C=O) groups is 2. The smallest absolute Gasteiger partial charge is 0.306 e. The molecular weight excluding hydrogens is 763 g/mol. The van der Waals surface area contributed by atoms with E-state index < -0.39 is 0 Å². The van der Waals surface area contributed by atoms with Crippen LogP contribution in [-0.2, 0) is 14.3 Å². The van der Waals surface area contributed by atoms with Crippen molar-refractivity contribution < 1.29 is 14.3 Å². The van der Waals surface area contributed by atoms with E-state index >= 15 is 0 Å². The Kier molecular flexibility index (Phi) is 22.4. The van der Waals surface area contributed by atoms with E-state index in [1.54, 1.807) is 5.57 Å². The Morgan fingerprint density at radius 3 is 2.20 bits per heavy atom. The normalized spacial score (nSPS) is 29.0. The molecule has 7 unspecified atom stereocenters.